The van der Waals surface area contributed by atoms with Gasteiger partial charge in [0, 0.05) is 17.9 Å². The molecule has 0 saturated heterocycles. The van der Waals surface area contributed by atoms with Crippen LogP contribution in [0.5, 0.6) is 0 Å². The highest BCUT2D eigenvalue weighted by molar-refractivity contribution is 6.29. The van der Waals surface area contributed by atoms with E-state index in [9.17, 15) is 9.59 Å². The molecule has 1 rings (SSSR count). The molecule has 0 unspecified atom stereocenters. The number of hydrogen-bond donors (Lipinski definition) is 1. The van der Waals surface area contributed by atoms with Crippen molar-refractivity contribution in [3.8, 4) is 0 Å². The minimum atomic E-state index is -0.460. The van der Waals surface area contributed by atoms with Gasteiger partial charge in [0.05, 0.1) is 0 Å². The molecule has 6 heteroatoms. The Morgan fingerprint density at radius 1 is 1.59 bits per heavy atom. The summed E-state index contributed by atoms with van der Waals surface area (Å²) in [4.78, 5) is 26.9. The Morgan fingerprint density at radius 3 is 2.82 bits per heavy atom. The normalized spacial score (nSPS) is 11.3. The molecule has 1 N–H and O–H groups in total. The fourth-order valence-corrected chi connectivity index (χ4v) is 1.37. The maximum absolute atomic E-state index is 11.7. The van der Waals surface area contributed by atoms with Crippen molar-refractivity contribution in [2.75, 3.05) is 0 Å². The maximum Gasteiger partial charge on any atom is 0.288 e. The molecule has 17 heavy (non-hydrogen) atoms. The highest BCUT2D eigenvalue weighted by Gasteiger charge is 2.18. The molecule has 0 saturated carbocycles. The maximum atomic E-state index is 11.7. The average Bonchev–Trinajstić information content (AvgIpc) is 2.24. The van der Waals surface area contributed by atoms with Gasteiger partial charge in [0.25, 0.3) is 5.56 Å². The number of rotatable bonds is 4. The lowest BCUT2D eigenvalue weighted by molar-refractivity contribution is -0.123. The quantitative estimate of drug-likeness (QED) is 0.882. The molecular formula is C11H16ClN3O2. The number of amides is 1. The van der Waals surface area contributed by atoms with Crippen molar-refractivity contribution in [3.63, 3.8) is 0 Å². The zero-order chi connectivity index (χ0) is 13.1. The molecular weight excluding hydrogens is 242 g/mol. The van der Waals surface area contributed by atoms with E-state index in [0.717, 1.165) is 6.42 Å². The Labute approximate surface area is 105 Å². The number of nitrogens with one attached hydrogen (secondary N) is 1. The summed E-state index contributed by atoms with van der Waals surface area (Å²) in [5.74, 6) is -0.221. The molecule has 1 aromatic heterocycles. The zero-order valence-electron chi connectivity index (χ0n) is 10.2. The summed E-state index contributed by atoms with van der Waals surface area (Å²) in [6.07, 6.45) is 3.64. The van der Waals surface area contributed by atoms with E-state index in [1.165, 1.54) is 17.0 Å². The van der Waals surface area contributed by atoms with Gasteiger partial charge in [-0.1, -0.05) is 18.5 Å². The lowest BCUT2D eigenvalue weighted by atomic mass is 10.0. The Bertz CT molecular complexity index is 468. The predicted octanol–water partition coefficient (Wildman–Crippen LogP) is 1.20. The molecule has 0 aliphatic rings. The molecule has 0 fully saturated rings. The number of carbonyl (C=O) groups is 1. The standard InChI is InChI=1S/C11H16ClN3O2/c1-4-11(2,3)14-8(16)7-15-6-5-13-9(12)10(15)17/h5-6H,4,7H2,1-3H3,(H,14,16). The van der Waals surface area contributed by atoms with Crippen LogP contribution in [0.25, 0.3) is 0 Å². The van der Waals surface area contributed by atoms with Crippen LogP contribution in [0.4, 0.5) is 0 Å². The Morgan fingerprint density at radius 2 is 2.24 bits per heavy atom. The molecule has 0 aliphatic heterocycles. The first-order valence-electron chi connectivity index (χ1n) is 5.37. The molecule has 0 aromatic carbocycles. The summed E-state index contributed by atoms with van der Waals surface area (Å²) in [7, 11) is 0. The van der Waals surface area contributed by atoms with Crippen LogP contribution in [0, 0.1) is 0 Å². The monoisotopic (exact) mass is 257 g/mol. The Balaban J connectivity index is 2.76. The topological polar surface area (TPSA) is 64.0 Å². The van der Waals surface area contributed by atoms with Crippen molar-refractivity contribution < 1.29 is 4.79 Å². The van der Waals surface area contributed by atoms with Crippen LogP contribution in [-0.2, 0) is 11.3 Å². The first-order chi connectivity index (χ1) is 7.85. The Hall–Kier alpha value is -1.36. The summed E-state index contributed by atoms with van der Waals surface area (Å²) in [5.41, 5.74) is -0.740. The van der Waals surface area contributed by atoms with Gasteiger partial charge < -0.3 is 9.88 Å². The molecule has 0 atom stereocenters. The van der Waals surface area contributed by atoms with Crippen LogP contribution in [0.3, 0.4) is 0 Å². The molecule has 94 valence electrons. The second-order valence-corrected chi connectivity index (χ2v) is 4.79. The van der Waals surface area contributed by atoms with E-state index in [1.807, 2.05) is 20.8 Å². The summed E-state index contributed by atoms with van der Waals surface area (Å²) >= 11 is 5.58. The van der Waals surface area contributed by atoms with Gasteiger partial charge in [-0.3, -0.25) is 9.59 Å². The third-order valence-corrected chi connectivity index (χ3v) is 2.81. The van der Waals surface area contributed by atoms with Gasteiger partial charge in [-0.25, -0.2) is 4.98 Å². The molecule has 0 aliphatic carbocycles. The molecule has 0 bridgehead atoms. The first kappa shape index (κ1) is 13.7. The number of nitrogens with zero attached hydrogens (tertiary/aromatic N) is 2. The van der Waals surface area contributed by atoms with E-state index in [-0.39, 0.29) is 23.1 Å². The Kier molecular flexibility index (Phi) is 4.28. The number of carbonyl (C=O) groups excluding carboxylic acids is 1. The molecule has 1 amide bonds. The zero-order valence-corrected chi connectivity index (χ0v) is 10.9. The second kappa shape index (κ2) is 5.31. The van der Waals surface area contributed by atoms with Crippen LogP contribution >= 0.6 is 11.6 Å². The van der Waals surface area contributed by atoms with Crippen molar-refractivity contribution in [3.05, 3.63) is 27.9 Å². The van der Waals surface area contributed by atoms with Gasteiger partial charge in [0.15, 0.2) is 5.15 Å². The largest absolute Gasteiger partial charge is 0.350 e. The summed E-state index contributed by atoms with van der Waals surface area (Å²) in [6, 6.07) is 0. The average molecular weight is 258 g/mol. The van der Waals surface area contributed by atoms with Gasteiger partial charge in [-0.15, -0.1) is 0 Å². The smallest absolute Gasteiger partial charge is 0.288 e. The fourth-order valence-electron chi connectivity index (χ4n) is 1.21. The minimum Gasteiger partial charge on any atom is -0.350 e. The van der Waals surface area contributed by atoms with Gasteiger partial charge in [0.2, 0.25) is 5.91 Å². The van der Waals surface area contributed by atoms with Crippen molar-refractivity contribution in [2.45, 2.75) is 39.3 Å². The van der Waals surface area contributed by atoms with Crippen LogP contribution in [0.15, 0.2) is 17.2 Å². The van der Waals surface area contributed by atoms with E-state index in [4.69, 9.17) is 11.6 Å². The van der Waals surface area contributed by atoms with Gasteiger partial charge in [-0.2, -0.15) is 0 Å². The van der Waals surface area contributed by atoms with E-state index in [1.54, 1.807) is 0 Å². The fraction of sp³-hybridized carbons (Fsp3) is 0.545. The molecule has 5 nitrogen and oxygen atoms in total. The van der Waals surface area contributed by atoms with E-state index < -0.39 is 5.56 Å². The second-order valence-electron chi connectivity index (χ2n) is 4.44. The van der Waals surface area contributed by atoms with Crippen LogP contribution in [0.2, 0.25) is 5.15 Å². The lowest BCUT2D eigenvalue weighted by Gasteiger charge is -2.24. The molecule has 0 spiro atoms. The molecule has 1 aromatic rings. The van der Waals surface area contributed by atoms with E-state index >= 15 is 0 Å². The summed E-state index contributed by atoms with van der Waals surface area (Å²) < 4.78 is 1.23. The van der Waals surface area contributed by atoms with Crippen molar-refractivity contribution in [1.82, 2.24) is 14.9 Å². The molecule has 0 radical (unpaired) electrons. The van der Waals surface area contributed by atoms with Crippen molar-refractivity contribution in [1.29, 1.82) is 0 Å². The number of hydrogen-bond acceptors (Lipinski definition) is 3. The van der Waals surface area contributed by atoms with Gasteiger partial charge in [-0.05, 0) is 20.3 Å². The summed E-state index contributed by atoms with van der Waals surface area (Å²) in [6.45, 7) is 5.78. The minimum absolute atomic E-state index is 0.0511. The third kappa shape index (κ3) is 3.85. The SMILES string of the molecule is CCC(C)(C)NC(=O)Cn1ccnc(Cl)c1=O. The van der Waals surface area contributed by atoms with Crippen molar-refractivity contribution in [2.24, 2.45) is 0 Å². The molecule has 1 heterocycles. The highest BCUT2D eigenvalue weighted by Crippen LogP contribution is 2.06. The third-order valence-electron chi connectivity index (χ3n) is 2.55. The van der Waals surface area contributed by atoms with E-state index in [0.29, 0.717) is 0 Å². The van der Waals surface area contributed by atoms with Crippen LogP contribution < -0.4 is 10.9 Å². The van der Waals surface area contributed by atoms with Gasteiger partial charge >= 0.3 is 0 Å². The van der Waals surface area contributed by atoms with Gasteiger partial charge in [0.1, 0.15) is 6.54 Å². The number of aromatic nitrogens is 2. The van der Waals surface area contributed by atoms with Crippen molar-refractivity contribution >= 4 is 17.5 Å². The highest BCUT2D eigenvalue weighted by atomic mass is 35.5. The van der Waals surface area contributed by atoms with Crippen LogP contribution in [-0.4, -0.2) is 21.0 Å². The van der Waals surface area contributed by atoms with Crippen LogP contribution in [0.1, 0.15) is 27.2 Å². The lowest BCUT2D eigenvalue weighted by Crippen LogP contribution is -2.45. The predicted molar refractivity (Wildman–Crippen MR) is 66.0 cm³/mol. The number of halogens is 1. The van der Waals surface area contributed by atoms with E-state index in [2.05, 4.69) is 10.3 Å². The summed E-state index contributed by atoms with van der Waals surface area (Å²) in [5, 5.41) is 2.71. The first-order valence-corrected chi connectivity index (χ1v) is 5.75.